The quantitative estimate of drug-likeness (QED) is 0.567. The number of rotatable bonds is 2. The number of nitrogens with zero attached hydrogens (tertiary/aromatic N) is 2. The summed E-state index contributed by atoms with van der Waals surface area (Å²) < 4.78 is 0. The highest BCUT2D eigenvalue weighted by molar-refractivity contribution is 5.87. The van der Waals surface area contributed by atoms with Crippen LogP contribution in [-0.4, -0.2) is 11.1 Å². The summed E-state index contributed by atoms with van der Waals surface area (Å²) in [6.07, 6.45) is 8.23. The Labute approximate surface area is 135 Å². The summed E-state index contributed by atoms with van der Waals surface area (Å²) in [6, 6.07) is 13.1. The Morgan fingerprint density at radius 3 is 2.57 bits per heavy atom. The molecule has 4 heteroatoms. The van der Waals surface area contributed by atoms with Crippen molar-refractivity contribution in [2.45, 2.75) is 37.5 Å². The van der Waals surface area contributed by atoms with Gasteiger partial charge in [0.15, 0.2) is 0 Å². The van der Waals surface area contributed by atoms with E-state index in [-0.39, 0.29) is 16.0 Å². The molecule has 1 spiro atoms. The first-order chi connectivity index (χ1) is 11.2. The fourth-order valence-electron chi connectivity index (χ4n) is 3.87. The Morgan fingerprint density at radius 2 is 1.78 bits per heavy atom. The Morgan fingerprint density at radius 1 is 1.00 bits per heavy atom. The lowest BCUT2D eigenvalue weighted by Crippen LogP contribution is -2.28. The molecule has 4 rings (SSSR count). The van der Waals surface area contributed by atoms with E-state index in [1.54, 1.807) is 12.1 Å². The second kappa shape index (κ2) is 5.30. The summed E-state index contributed by atoms with van der Waals surface area (Å²) in [5.41, 5.74) is 4.49. The van der Waals surface area contributed by atoms with E-state index in [1.165, 1.54) is 30.9 Å². The summed E-state index contributed by atoms with van der Waals surface area (Å²) in [4.78, 5) is 15.3. The summed E-state index contributed by atoms with van der Waals surface area (Å²) in [6.45, 7) is 0. The van der Waals surface area contributed by atoms with Crippen LogP contribution in [-0.2, 0) is 5.41 Å². The second-order valence-electron chi connectivity index (χ2n) is 6.51. The maximum Gasteiger partial charge on any atom is 0.270 e. The van der Waals surface area contributed by atoms with Crippen LogP contribution < -0.4 is 0 Å². The van der Waals surface area contributed by atoms with Gasteiger partial charge in [-0.1, -0.05) is 37.5 Å². The maximum atomic E-state index is 11.0. The predicted octanol–water partition coefficient (Wildman–Crippen LogP) is 5.18. The van der Waals surface area contributed by atoms with Crippen molar-refractivity contribution < 1.29 is 4.92 Å². The zero-order valence-electron chi connectivity index (χ0n) is 12.9. The average molecular weight is 306 g/mol. The number of fused-ring (bicyclic) bond motifs is 2. The lowest BCUT2D eigenvalue weighted by Gasteiger charge is -2.32. The molecular formula is C19H18N2O2. The van der Waals surface area contributed by atoms with Gasteiger partial charge in [0.25, 0.3) is 5.69 Å². The van der Waals surface area contributed by atoms with Crippen molar-refractivity contribution >= 4 is 17.6 Å². The van der Waals surface area contributed by atoms with E-state index in [0.29, 0.717) is 0 Å². The molecule has 1 aliphatic carbocycles. The Kier molecular flexibility index (Phi) is 3.26. The van der Waals surface area contributed by atoms with Crippen molar-refractivity contribution in [2.24, 2.45) is 4.99 Å². The summed E-state index contributed by atoms with van der Waals surface area (Å²) in [5.74, 6) is 0. The molecule has 1 heterocycles. The molecule has 0 saturated heterocycles. The maximum absolute atomic E-state index is 11.0. The van der Waals surface area contributed by atoms with Crippen LogP contribution in [0.15, 0.2) is 47.5 Å². The fraction of sp³-hybridized carbons (Fsp3) is 0.316. The molecule has 2 aromatic rings. The molecule has 0 amide bonds. The van der Waals surface area contributed by atoms with Gasteiger partial charge in [0, 0.05) is 23.8 Å². The molecule has 0 radical (unpaired) electrons. The third-order valence-corrected chi connectivity index (χ3v) is 5.12. The van der Waals surface area contributed by atoms with Crippen molar-refractivity contribution in [3.63, 3.8) is 0 Å². The van der Waals surface area contributed by atoms with Gasteiger partial charge in [-0.05, 0) is 41.7 Å². The lowest BCUT2D eigenvalue weighted by molar-refractivity contribution is -0.384. The standard InChI is InChI=1S/C19H18N2O2/c22-21(23)16-6-4-5-14(11-16)15-7-8-18-17(12-15)19(13-20-18)9-2-1-3-10-19/h4-8,11-13H,1-3,9-10H2. The summed E-state index contributed by atoms with van der Waals surface area (Å²) in [7, 11) is 0. The second-order valence-corrected chi connectivity index (χ2v) is 6.51. The first kappa shape index (κ1) is 14.1. The van der Waals surface area contributed by atoms with E-state index in [2.05, 4.69) is 17.3 Å². The molecule has 116 valence electrons. The number of aliphatic imine (C=N–C) groups is 1. The fourth-order valence-corrected chi connectivity index (χ4v) is 3.87. The first-order valence-electron chi connectivity index (χ1n) is 8.13. The highest BCUT2D eigenvalue weighted by Crippen LogP contribution is 2.47. The smallest absolute Gasteiger partial charge is 0.260 e. The van der Waals surface area contributed by atoms with Crippen molar-refractivity contribution in [1.29, 1.82) is 0 Å². The highest BCUT2D eigenvalue weighted by atomic mass is 16.6. The van der Waals surface area contributed by atoms with Gasteiger partial charge < -0.3 is 0 Å². The van der Waals surface area contributed by atoms with Crippen molar-refractivity contribution in [2.75, 3.05) is 0 Å². The topological polar surface area (TPSA) is 55.5 Å². The molecule has 1 saturated carbocycles. The van der Waals surface area contributed by atoms with E-state index < -0.39 is 0 Å². The average Bonchev–Trinajstić information content (AvgIpc) is 2.93. The van der Waals surface area contributed by atoms with Gasteiger partial charge in [0.2, 0.25) is 0 Å². The monoisotopic (exact) mass is 306 g/mol. The van der Waals surface area contributed by atoms with Gasteiger partial charge in [-0.2, -0.15) is 0 Å². The summed E-state index contributed by atoms with van der Waals surface area (Å²) >= 11 is 0. The molecule has 2 aromatic carbocycles. The van der Waals surface area contributed by atoms with Crippen LogP contribution in [0.5, 0.6) is 0 Å². The lowest BCUT2D eigenvalue weighted by atomic mass is 9.70. The third-order valence-electron chi connectivity index (χ3n) is 5.12. The molecule has 0 bridgehead atoms. The predicted molar refractivity (Wildman–Crippen MR) is 91.4 cm³/mol. The third kappa shape index (κ3) is 2.34. The van der Waals surface area contributed by atoms with Crippen LogP contribution >= 0.6 is 0 Å². The highest BCUT2D eigenvalue weighted by Gasteiger charge is 2.37. The van der Waals surface area contributed by atoms with E-state index in [4.69, 9.17) is 0 Å². The van der Waals surface area contributed by atoms with Crippen LogP contribution in [0.1, 0.15) is 37.7 Å². The molecule has 0 aromatic heterocycles. The van der Waals surface area contributed by atoms with Crippen molar-refractivity contribution in [1.82, 2.24) is 0 Å². The van der Waals surface area contributed by atoms with E-state index in [0.717, 1.165) is 29.7 Å². The number of nitro groups is 1. The van der Waals surface area contributed by atoms with Crippen molar-refractivity contribution in [3.8, 4) is 11.1 Å². The minimum atomic E-state index is -0.345. The molecule has 1 fully saturated rings. The first-order valence-corrected chi connectivity index (χ1v) is 8.13. The van der Waals surface area contributed by atoms with E-state index in [1.807, 2.05) is 18.2 Å². The zero-order valence-corrected chi connectivity index (χ0v) is 12.9. The van der Waals surface area contributed by atoms with E-state index >= 15 is 0 Å². The zero-order chi connectivity index (χ0) is 15.9. The Balaban J connectivity index is 1.77. The molecule has 2 aliphatic rings. The van der Waals surface area contributed by atoms with E-state index in [9.17, 15) is 10.1 Å². The number of hydrogen-bond acceptors (Lipinski definition) is 3. The van der Waals surface area contributed by atoms with Gasteiger partial charge in [0.1, 0.15) is 0 Å². The number of non-ortho nitro benzene ring substituents is 1. The van der Waals surface area contributed by atoms with Gasteiger partial charge in [0.05, 0.1) is 10.6 Å². The van der Waals surface area contributed by atoms with Crippen LogP contribution in [0.4, 0.5) is 11.4 Å². The Bertz CT molecular complexity index is 805. The normalized spacial score (nSPS) is 18.1. The number of nitro benzene ring substituents is 1. The SMILES string of the molecule is O=[N+]([O-])c1cccc(-c2ccc3c(c2)C2(C=N3)CCCCC2)c1. The van der Waals surface area contributed by atoms with Crippen LogP contribution in [0.25, 0.3) is 11.1 Å². The minimum absolute atomic E-state index is 0.0876. The molecular weight excluding hydrogens is 288 g/mol. The molecule has 0 atom stereocenters. The Hall–Kier alpha value is -2.49. The number of benzene rings is 2. The number of hydrogen-bond donors (Lipinski definition) is 0. The molecule has 0 N–H and O–H groups in total. The largest absolute Gasteiger partial charge is 0.270 e. The molecule has 23 heavy (non-hydrogen) atoms. The summed E-state index contributed by atoms with van der Waals surface area (Å²) in [5, 5.41) is 11.0. The minimum Gasteiger partial charge on any atom is -0.260 e. The van der Waals surface area contributed by atoms with Crippen molar-refractivity contribution in [3.05, 3.63) is 58.1 Å². The molecule has 4 nitrogen and oxygen atoms in total. The molecule has 0 unspecified atom stereocenters. The van der Waals surface area contributed by atoms with Crippen LogP contribution in [0.2, 0.25) is 0 Å². The van der Waals surface area contributed by atoms with Gasteiger partial charge in [-0.25, -0.2) is 0 Å². The van der Waals surface area contributed by atoms with Crippen LogP contribution in [0.3, 0.4) is 0 Å². The van der Waals surface area contributed by atoms with Gasteiger partial charge >= 0.3 is 0 Å². The molecule has 1 aliphatic heterocycles. The van der Waals surface area contributed by atoms with Crippen LogP contribution in [0, 0.1) is 10.1 Å². The van der Waals surface area contributed by atoms with Gasteiger partial charge in [-0.15, -0.1) is 0 Å². The van der Waals surface area contributed by atoms with Gasteiger partial charge in [-0.3, -0.25) is 15.1 Å².